The fourth-order valence-corrected chi connectivity index (χ4v) is 0.492. The molecule has 0 aliphatic heterocycles. The molecule has 0 aromatic rings. The SMILES string of the molecule is CC(C)(C)OC(=O)N=C(Cl)Cl. The van der Waals surface area contributed by atoms with Gasteiger partial charge in [0.15, 0.2) is 0 Å². The maximum Gasteiger partial charge on any atom is 0.436 e. The molecule has 0 aromatic carbocycles. The van der Waals surface area contributed by atoms with Gasteiger partial charge in [-0.3, -0.25) is 0 Å². The second-order valence-corrected chi connectivity index (χ2v) is 3.74. The van der Waals surface area contributed by atoms with Gasteiger partial charge < -0.3 is 4.74 Å². The van der Waals surface area contributed by atoms with Crippen LogP contribution in [0.4, 0.5) is 4.79 Å². The van der Waals surface area contributed by atoms with Crippen molar-refractivity contribution in [2.45, 2.75) is 26.4 Å². The Balaban J connectivity index is 4.00. The molecule has 0 unspecified atom stereocenters. The van der Waals surface area contributed by atoms with Crippen LogP contribution in [0.25, 0.3) is 0 Å². The van der Waals surface area contributed by atoms with Gasteiger partial charge in [-0.05, 0) is 44.0 Å². The number of nitrogens with zero attached hydrogens (tertiary/aromatic N) is 1. The summed E-state index contributed by atoms with van der Waals surface area (Å²) in [5.74, 6) is 0. The molecule has 0 aliphatic carbocycles. The van der Waals surface area contributed by atoms with E-state index >= 15 is 0 Å². The van der Waals surface area contributed by atoms with Crippen LogP contribution in [0.2, 0.25) is 0 Å². The van der Waals surface area contributed by atoms with Gasteiger partial charge >= 0.3 is 6.09 Å². The maximum atomic E-state index is 10.7. The quantitative estimate of drug-likeness (QED) is 0.561. The number of ether oxygens (including phenoxy) is 1. The first-order valence-electron chi connectivity index (χ1n) is 2.94. The van der Waals surface area contributed by atoms with E-state index in [1.807, 2.05) is 0 Å². The van der Waals surface area contributed by atoms with Crippen LogP contribution in [0.1, 0.15) is 20.8 Å². The van der Waals surface area contributed by atoms with Crippen molar-refractivity contribution in [1.29, 1.82) is 0 Å². The van der Waals surface area contributed by atoms with E-state index in [-0.39, 0.29) is 4.63 Å². The number of carbonyl (C=O) groups excluding carboxylic acids is 1. The van der Waals surface area contributed by atoms with Gasteiger partial charge in [0.25, 0.3) is 0 Å². The number of hydrogen-bond donors (Lipinski definition) is 0. The van der Waals surface area contributed by atoms with Crippen molar-refractivity contribution < 1.29 is 9.53 Å². The Hall–Kier alpha value is -0.280. The zero-order valence-corrected chi connectivity index (χ0v) is 8.03. The van der Waals surface area contributed by atoms with E-state index in [0.717, 1.165) is 0 Å². The van der Waals surface area contributed by atoms with E-state index < -0.39 is 11.7 Å². The molecule has 0 heterocycles. The lowest BCUT2D eigenvalue weighted by Gasteiger charge is -2.16. The predicted octanol–water partition coefficient (Wildman–Crippen LogP) is 2.76. The van der Waals surface area contributed by atoms with Gasteiger partial charge in [-0.15, -0.1) is 0 Å². The third-order valence-electron chi connectivity index (χ3n) is 0.569. The highest BCUT2D eigenvalue weighted by atomic mass is 35.5. The van der Waals surface area contributed by atoms with E-state index in [4.69, 9.17) is 27.9 Å². The van der Waals surface area contributed by atoms with Crippen molar-refractivity contribution >= 4 is 33.9 Å². The van der Waals surface area contributed by atoms with E-state index in [0.29, 0.717) is 0 Å². The fourth-order valence-electron chi connectivity index (χ4n) is 0.354. The van der Waals surface area contributed by atoms with Crippen molar-refractivity contribution in [2.24, 2.45) is 4.99 Å². The number of aliphatic imine (C=N–C) groups is 1. The van der Waals surface area contributed by atoms with Gasteiger partial charge in [-0.25, -0.2) is 4.79 Å². The number of amides is 1. The molecule has 3 nitrogen and oxygen atoms in total. The second kappa shape index (κ2) is 3.93. The highest BCUT2D eigenvalue weighted by Crippen LogP contribution is 2.08. The summed E-state index contributed by atoms with van der Waals surface area (Å²) in [5, 5.41) is 0. The van der Waals surface area contributed by atoms with Gasteiger partial charge in [0.1, 0.15) is 5.60 Å². The molecule has 0 rings (SSSR count). The van der Waals surface area contributed by atoms with Crippen LogP contribution in [0.3, 0.4) is 0 Å². The Morgan fingerprint density at radius 1 is 1.36 bits per heavy atom. The van der Waals surface area contributed by atoms with Crippen LogP contribution in [0, 0.1) is 0 Å². The lowest BCUT2D eigenvalue weighted by atomic mass is 10.2. The monoisotopic (exact) mass is 197 g/mol. The zero-order valence-electron chi connectivity index (χ0n) is 6.52. The lowest BCUT2D eigenvalue weighted by molar-refractivity contribution is 0.0605. The first-order valence-corrected chi connectivity index (χ1v) is 3.69. The van der Waals surface area contributed by atoms with Crippen LogP contribution in [-0.2, 0) is 4.74 Å². The van der Waals surface area contributed by atoms with Crippen molar-refractivity contribution in [3.8, 4) is 0 Å². The Morgan fingerprint density at radius 3 is 2.09 bits per heavy atom. The van der Waals surface area contributed by atoms with Gasteiger partial charge in [-0.2, -0.15) is 4.99 Å². The van der Waals surface area contributed by atoms with E-state index in [1.54, 1.807) is 20.8 Å². The van der Waals surface area contributed by atoms with Crippen molar-refractivity contribution in [1.82, 2.24) is 0 Å². The molecule has 1 amide bonds. The molecule has 0 radical (unpaired) electrons. The molecule has 0 atom stereocenters. The highest BCUT2D eigenvalue weighted by molar-refractivity contribution is 6.95. The molecule has 0 fully saturated rings. The molecule has 0 aromatic heterocycles. The smallest absolute Gasteiger partial charge is 0.436 e. The van der Waals surface area contributed by atoms with Gasteiger partial charge in [0, 0.05) is 0 Å². The molecule has 0 bridgehead atoms. The van der Waals surface area contributed by atoms with Crippen LogP contribution in [-0.4, -0.2) is 16.3 Å². The number of rotatable bonds is 0. The maximum absolute atomic E-state index is 10.7. The minimum absolute atomic E-state index is 0.348. The zero-order chi connectivity index (χ0) is 9.07. The van der Waals surface area contributed by atoms with Crippen LogP contribution >= 0.6 is 23.2 Å². The van der Waals surface area contributed by atoms with Crippen LogP contribution in [0.5, 0.6) is 0 Å². The minimum Gasteiger partial charge on any atom is -0.442 e. The molecular weight excluding hydrogens is 189 g/mol. The summed E-state index contributed by atoms with van der Waals surface area (Å²) in [6.45, 7) is 5.17. The topological polar surface area (TPSA) is 38.7 Å². The first kappa shape index (κ1) is 10.7. The van der Waals surface area contributed by atoms with Crippen molar-refractivity contribution in [3.05, 3.63) is 0 Å². The first-order chi connectivity index (χ1) is 4.81. The molecule has 0 saturated carbocycles. The van der Waals surface area contributed by atoms with E-state index in [2.05, 4.69) is 4.99 Å². The molecule has 0 N–H and O–H groups in total. The summed E-state index contributed by atoms with van der Waals surface area (Å²) >= 11 is 10.2. The lowest BCUT2D eigenvalue weighted by Crippen LogP contribution is -2.22. The van der Waals surface area contributed by atoms with Crippen molar-refractivity contribution in [3.63, 3.8) is 0 Å². The Kier molecular flexibility index (Phi) is 3.83. The molecule has 0 aliphatic rings. The second-order valence-electron chi connectivity index (χ2n) is 2.83. The Labute approximate surface area is 75.3 Å². The third kappa shape index (κ3) is 7.62. The molecule has 64 valence electrons. The largest absolute Gasteiger partial charge is 0.442 e. The molecule has 0 spiro atoms. The number of carbonyl (C=O) groups is 1. The average molecular weight is 198 g/mol. The third-order valence-corrected chi connectivity index (χ3v) is 0.738. The minimum atomic E-state index is -0.780. The molecule has 0 saturated heterocycles. The summed E-state index contributed by atoms with van der Waals surface area (Å²) in [6.07, 6.45) is -0.780. The standard InChI is InChI=1S/C6H9Cl2NO2/c1-6(2,3)11-5(10)9-4(7)8/h1-3H3. The summed E-state index contributed by atoms with van der Waals surface area (Å²) < 4.78 is 4.41. The Morgan fingerprint density at radius 2 is 1.82 bits per heavy atom. The summed E-state index contributed by atoms with van der Waals surface area (Å²) in [6, 6.07) is 0. The van der Waals surface area contributed by atoms with Crippen LogP contribution in [0.15, 0.2) is 4.99 Å². The van der Waals surface area contributed by atoms with E-state index in [9.17, 15) is 4.79 Å². The van der Waals surface area contributed by atoms with Gasteiger partial charge in [-0.1, -0.05) is 0 Å². The summed E-state index contributed by atoms with van der Waals surface area (Å²) in [4.78, 5) is 13.8. The van der Waals surface area contributed by atoms with Gasteiger partial charge in [0.05, 0.1) is 0 Å². The van der Waals surface area contributed by atoms with E-state index in [1.165, 1.54) is 0 Å². The molecule has 11 heavy (non-hydrogen) atoms. The average Bonchev–Trinajstić information content (AvgIpc) is 1.53. The Bertz CT molecular complexity index is 180. The van der Waals surface area contributed by atoms with Crippen molar-refractivity contribution in [2.75, 3.05) is 0 Å². The predicted molar refractivity (Wildman–Crippen MR) is 45.4 cm³/mol. The van der Waals surface area contributed by atoms with Gasteiger partial charge in [0.2, 0.25) is 4.63 Å². The number of halogens is 2. The molecule has 5 heteroatoms. The summed E-state index contributed by atoms with van der Waals surface area (Å²) in [7, 11) is 0. The van der Waals surface area contributed by atoms with Crippen LogP contribution < -0.4 is 0 Å². The molecular formula is C6H9Cl2NO2. The fraction of sp³-hybridized carbons (Fsp3) is 0.667. The number of hydrogen-bond acceptors (Lipinski definition) is 2. The summed E-state index contributed by atoms with van der Waals surface area (Å²) in [5.41, 5.74) is -0.566. The normalized spacial score (nSPS) is 10.6. The highest BCUT2D eigenvalue weighted by Gasteiger charge is 2.15.